The van der Waals surface area contributed by atoms with Crippen LogP contribution in [-0.4, -0.2) is 13.7 Å². The second kappa shape index (κ2) is 21.2. The summed E-state index contributed by atoms with van der Waals surface area (Å²) < 4.78 is 4.40. The first-order valence-electron chi connectivity index (χ1n) is 29.7. The highest BCUT2D eigenvalue weighted by Gasteiger charge is 2.33. The quantitative estimate of drug-likeness (QED) is 0.0358. The van der Waals surface area contributed by atoms with E-state index in [9.17, 15) is 0 Å². The zero-order valence-corrected chi connectivity index (χ0v) is 47.8. The highest BCUT2D eigenvalue weighted by Crippen LogP contribution is 2.50. The highest BCUT2D eigenvalue weighted by molar-refractivity contribution is 6.48. The molecule has 0 radical (unpaired) electrons. The van der Waals surface area contributed by atoms with Gasteiger partial charge in [-0.15, -0.1) is 0 Å². The summed E-state index contributed by atoms with van der Waals surface area (Å²) >= 11 is 0. The van der Waals surface area contributed by atoms with E-state index in [1.54, 1.807) is 12.1 Å². The maximum atomic E-state index is 16.0. The molecule has 0 aliphatic heterocycles. The van der Waals surface area contributed by atoms with Gasteiger partial charge in [0.15, 0.2) is 0 Å². The van der Waals surface area contributed by atoms with Crippen LogP contribution in [0.2, 0.25) is 0 Å². The van der Waals surface area contributed by atoms with Crippen LogP contribution in [0.3, 0.4) is 0 Å². The first kappa shape index (κ1) is 54.1. The van der Waals surface area contributed by atoms with Gasteiger partial charge >= 0.3 is 0 Å². The first-order valence-corrected chi connectivity index (χ1v) is 29.7. The molecule has 9 nitrogen and oxygen atoms in total. The van der Waals surface area contributed by atoms with Crippen molar-refractivity contribution in [3.8, 4) is 5.69 Å². The average molecular weight is 1040 g/mol. The summed E-state index contributed by atoms with van der Waals surface area (Å²) in [6.07, 6.45) is 19.2. The Kier molecular flexibility index (Phi) is 14.9. The van der Waals surface area contributed by atoms with Gasteiger partial charge in [0.2, 0.25) is 0 Å². The summed E-state index contributed by atoms with van der Waals surface area (Å²) in [5.41, 5.74) is -0.832. The third-order valence-electron chi connectivity index (χ3n) is 17.7. The number of rotatable bonds is 23. The number of hydrogen-bond acceptors (Lipinski definition) is 6. The molecule has 3 heterocycles. The van der Waals surface area contributed by atoms with Gasteiger partial charge in [-0.05, 0) is 121 Å². The average Bonchev–Trinajstić information content (AvgIpc) is 3.96. The molecule has 0 saturated carbocycles. The lowest BCUT2D eigenvalue weighted by Gasteiger charge is -2.26. The number of fused-ring (bicyclic) bond motifs is 4. The van der Waals surface area contributed by atoms with E-state index in [0.717, 1.165) is 125 Å². The maximum absolute atomic E-state index is 16.0. The lowest BCUT2D eigenvalue weighted by atomic mass is 9.81. The number of unbranched alkanes of at least 4 members (excludes halogenated alkanes) is 12. The Morgan fingerprint density at radius 3 is 1.04 bits per heavy atom. The van der Waals surface area contributed by atoms with E-state index < -0.39 is 16.5 Å². The van der Waals surface area contributed by atoms with Gasteiger partial charge in [0, 0.05) is 44.4 Å². The van der Waals surface area contributed by atoms with E-state index in [0.29, 0.717) is 96.0 Å². The zero-order chi connectivity index (χ0) is 54.8. The molecule has 0 bridgehead atoms. The normalized spacial score (nSPS) is 13.1. The topological polar surface area (TPSA) is 117 Å². The lowest BCUT2D eigenvalue weighted by molar-refractivity contribution is 0.384. The van der Waals surface area contributed by atoms with Gasteiger partial charge in [-0.25, -0.2) is 4.57 Å². The molecule has 9 heteroatoms. The number of pyridine rings is 2. The third-order valence-corrected chi connectivity index (χ3v) is 17.7. The Balaban J connectivity index is 1.39. The molecular formula is C68H81N3O6. The van der Waals surface area contributed by atoms with Crippen molar-refractivity contribution in [2.45, 2.75) is 221 Å². The van der Waals surface area contributed by atoms with Gasteiger partial charge in [0.25, 0.3) is 33.4 Å². The van der Waals surface area contributed by atoms with Crippen molar-refractivity contribution in [1.29, 1.82) is 0 Å². The molecule has 10 rings (SSSR count). The molecule has 0 fully saturated rings. The van der Waals surface area contributed by atoms with E-state index in [4.69, 9.17) is 0 Å². The van der Waals surface area contributed by atoms with E-state index in [2.05, 4.69) is 75.3 Å². The van der Waals surface area contributed by atoms with Gasteiger partial charge in [0.1, 0.15) is 0 Å². The van der Waals surface area contributed by atoms with Crippen molar-refractivity contribution in [3.63, 3.8) is 0 Å². The molecule has 3 aromatic heterocycles. The molecule has 0 aliphatic rings. The number of nitrogens with zero attached hydrogens (tertiary/aromatic N) is 3. The predicted molar refractivity (Wildman–Crippen MR) is 326 cm³/mol. The molecule has 0 N–H and O–H groups in total. The molecule has 0 unspecified atom stereocenters. The van der Waals surface area contributed by atoms with Crippen LogP contribution in [0.15, 0.2) is 83.4 Å². The van der Waals surface area contributed by atoms with Crippen molar-refractivity contribution >= 4 is 86.2 Å². The van der Waals surface area contributed by atoms with Crippen LogP contribution < -0.4 is 33.4 Å². The van der Waals surface area contributed by atoms with E-state index in [1.807, 2.05) is 36.4 Å². The molecule has 0 saturated heterocycles. The summed E-state index contributed by atoms with van der Waals surface area (Å²) in [6.45, 7) is 21.3. The second-order valence-electron chi connectivity index (χ2n) is 25.1. The lowest BCUT2D eigenvalue weighted by Crippen LogP contribution is -2.37. The van der Waals surface area contributed by atoms with E-state index >= 15 is 28.8 Å². The molecule has 10 aromatic rings. The molecule has 0 spiro atoms. The molecule has 7 aromatic carbocycles. The minimum absolute atomic E-state index is 0.187. The summed E-state index contributed by atoms with van der Waals surface area (Å²) in [5.74, 6) is 0. The SMILES string of the molecule is CCCCCCC(CCCCCC)n1c(=O)c2ccc3c4ccc5c(=O)n(C(CCCCCC)CCCCCC)c(=O)c6cc7c8c(=O)n(-c9cc(C(C)(C)C)ccc9C(C)(C)C)c(=O)c8c8cc(c1=O)c2c3c8c7c4c56. The monoisotopic (exact) mass is 1040 g/mol. The summed E-state index contributed by atoms with van der Waals surface area (Å²) in [6, 6.07) is 16.8. The highest BCUT2D eigenvalue weighted by atomic mass is 16.2. The minimum Gasteiger partial charge on any atom is -0.271 e. The maximum Gasteiger partial charge on any atom is 0.266 e. The molecule has 77 heavy (non-hydrogen) atoms. The Bertz CT molecular complexity index is 3910. The fourth-order valence-corrected chi connectivity index (χ4v) is 13.7. The van der Waals surface area contributed by atoms with Crippen molar-refractivity contribution in [3.05, 3.63) is 128 Å². The van der Waals surface area contributed by atoms with Gasteiger partial charge in [-0.3, -0.25) is 37.9 Å². The second-order valence-corrected chi connectivity index (χ2v) is 25.1. The standard InChI is InChI=1S/C68H81N3O6/c1-11-15-19-23-27-41(28-24-20-16-12-2)69-61(72)45-34-32-43-44-33-35-46-54-50(64(75)70(62(46)73)42(29-25-21-17-13-3)30-26-22-18-14-4)39-48-58(56(44)54)57-47(38-49(63(69)74)53(45)55(43)57)59-60(48)66(77)71(65(59)76)52-37-40(67(5,6)7)31-36-51(52)68(8,9)10/h31-39,41-42H,11-30H2,1-10H3. The fraction of sp³-hybridized carbons (Fsp3) is 0.500. The first-order chi connectivity index (χ1) is 36.9. The summed E-state index contributed by atoms with van der Waals surface area (Å²) in [7, 11) is 0. The Labute approximate surface area is 452 Å². The number of benzene rings is 7. The Morgan fingerprint density at radius 2 is 0.688 bits per heavy atom. The van der Waals surface area contributed by atoms with Crippen LogP contribution in [0.1, 0.15) is 221 Å². The van der Waals surface area contributed by atoms with Gasteiger partial charge in [0.05, 0.1) is 16.5 Å². The van der Waals surface area contributed by atoms with Crippen LogP contribution in [0.5, 0.6) is 0 Å². The van der Waals surface area contributed by atoms with Crippen LogP contribution in [0.25, 0.3) is 91.9 Å². The van der Waals surface area contributed by atoms with Crippen LogP contribution >= 0.6 is 0 Å². The number of hydrogen-bond donors (Lipinski definition) is 0. The summed E-state index contributed by atoms with van der Waals surface area (Å²) in [4.78, 5) is 93.9. The fourth-order valence-electron chi connectivity index (χ4n) is 13.7. The molecule has 0 amide bonds. The van der Waals surface area contributed by atoms with Gasteiger partial charge in [-0.1, -0.05) is 196 Å². The molecular weight excluding hydrogens is 955 g/mol. The Morgan fingerprint density at radius 1 is 0.338 bits per heavy atom. The minimum atomic E-state index is -0.496. The molecule has 0 atom stereocenters. The van der Waals surface area contributed by atoms with E-state index in [-0.39, 0.29) is 50.5 Å². The van der Waals surface area contributed by atoms with Crippen molar-refractivity contribution in [2.24, 2.45) is 0 Å². The van der Waals surface area contributed by atoms with Crippen molar-refractivity contribution < 1.29 is 0 Å². The summed E-state index contributed by atoms with van der Waals surface area (Å²) in [5, 5.41) is 8.16. The third kappa shape index (κ3) is 9.00. The van der Waals surface area contributed by atoms with Crippen LogP contribution in [-0.2, 0) is 10.8 Å². The molecule has 404 valence electrons. The predicted octanol–water partition coefficient (Wildman–Crippen LogP) is 16.2. The van der Waals surface area contributed by atoms with Gasteiger partial charge < -0.3 is 0 Å². The van der Waals surface area contributed by atoms with Crippen LogP contribution in [0.4, 0.5) is 0 Å². The zero-order valence-electron chi connectivity index (χ0n) is 47.8. The number of aromatic nitrogens is 3. The van der Waals surface area contributed by atoms with Gasteiger partial charge in [-0.2, -0.15) is 0 Å². The van der Waals surface area contributed by atoms with Crippen molar-refractivity contribution in [2.75, 3.05) is 0 Å². The largest absolute Gasteiger partial charge is 0.271 e. The molecule has 0 aliphatic carbocycles. The Hall–Kier alpha value is -6.22. The van der Waals surface area contributed by atoms with E-state index in [1.165, 1.54) is 13.7 Å². The van der Waals surface area contributed by atoms with Crippen LogP contribution in [0, 0.1) is 0 Å². The van der Waals surface area contributed by atoms with Crippen molar-refractivity contribution in [1.82, 2.24) is 13.7 Å². The smallest absolute Gasteiger partial charge is 0.266 e.